The van der Waals surface area contributed by atoms with E-state index in [-0.39, 0.29) is 0 Å². The monoisotopic (exact) mass is 325 g/mol. The van der Waals surface area contributed by atoms with Crippen LogP contribution >= 0.6 is 0 Å². The van der Waals surface area contributed by atoms with Crippen LogP contribution in [0.3, 0.4) is 0 Å². The molecule has 3 heterocycles. The lowest BCUT2D eigenvalue weighted by molar-refractivity contribution is 0.0400. The van der Waals surface area contributed by atoms with Crippen LogP contribution in [0.25, 0.3) is 11.3 Å². The van der Waals surface area contributed by atoms with Crippen molar-refractivity contribution in [1.82, 2.24) is 25.3 Å². The van der Waals surface area contributed by atoms with Gasteiger partial charge in [-0.1, -0.05) is 29.8 Å². The summed E-state index contributed by atoms with van der Waals surface area (Å²) in [5.74, 6) is 1.41. The van der Waals surface area contributed by atoms with Crippen LogP contribution in [-0.2, 0) is 12.1 Å². The van der Waals surface area contributed by atoms with E-state index in [9.17, 15) is 5.11 Å². The van der Waals surface area contributed by atoms with Gasteiger partial charge in [-0.25, -0.2) is 4.98 Å². The number of aliphatic hydroxyl groups is 1. The summed E-state index contributed by atoms with van der Waals surface area (Å²) in [7, 11) is 0. The number of rotatable bonds is 4. The number of β-amino-alcohol motifs (C(OH)–C–C–N with tert-alkyl or cyclic N) is 1. The number of likely N-dealkylation sites (tertiary alicyclic amines) is 1. The Bertz CT molecular complexity index is 812. The smallest absolute Gasteiger partial charge is 0.209 e. The topological polar surface area (TPSA) is 91.1 Å². The molecular weight excluding hydrogens is 306 g/mol. The summed E-state index contributed by atoms with van der Waals surface area (Å²) in [6, 6.07) is 8.16. The molecule has 7 nitrogen and oxygen atoms in total. The van der Waals surface area contributed by atoms with E-state index in [2.05, 4.69) is 44.4 Å². The largest absolute Gasteiger partial charge is 0.439 e. The lowest BCUT2D eigenvalue weighted by atomic mass is 10.0. The zero-order valence-electron chi connectivity index (χ0n) is 13.4. The number of nitrogens with zero attached hydrogens (tertiary/aromatic N) is 4. The molecular formula is C17H19N5O2. The number of hydrogen-bond acceptors (Lipinski definition) is 6. The third kappa shape index (κ3) is 2.83. The lowest BCUT2D eigenvalue weighted by Crippen LogP contribution is -2.31. The van der Waals surface area contributed by atoms with Gasteiger partial charge in [-0.2, -0.15) is 15.4 Å². The summed E-state index contributed by atoms with van der Waals surface area (Å²) in [5, 5.41) is 21.0. The molecule has 4 rings (SSSR count). The van der Waals surface area contributed by atoms with Crippen LogP contribution in [-0.4, -0.2) is 43.5 Å². The summed E-state index contributed by atoms with van der Waals surface area (Å²) < 4.78 is 5.86. The highest BCUT2D eigenvalue weighted by Crippen LogP contribution is 2.31. The van der Waals surface area contributed by atoms with Crippen molar-refractivity contribution in [2.75, 3.05) is 13.1 Å². The first-order valence-electron chi connectivity index (χ1n) is 7.95. The third-order valence-corrected chi connectivity index (χ3v) is 4.47. The quantitative estimate of drug-likeness (QED) is 0.761. The highest BCUT2D eigenvalue weighted by Gasteiger charge is 2.40. The Hall–Kier alpha value is -2.51. The molecule has 0 radical (unpaired) electrons. The Morgan fingerprint density at radius 1 is 1.29 bits per heavy atom. The van der Waals surface area contributed by atoms with Crippen molar-refractivity contribution in [3.63, 3.8) is 0 Å². The van der Waals surface area contributed by atoms with Crippen molar-refractivity contribution >= 4 is 0 Å². The van der Waals surface area contributed by atoms with Crippen LogP contribution in [0.2, 0.25) is 0 Å². The van der Waals surface area contributed by atoms with Gasteiger partial charge in [0.25, 0.3) is 0 Å². The predicted molar refractivity (Wildman–Crippen MR) is 86.8 cm³/mol. The van der Waals surface area contributed by atoms with Gasteiger partial charge in [0.05, 0.1) is 18.9 Å². The number of nitrogens with one attached hydrogen (secondary N) is 1. The van der Waals surface area contributed by atoms with Crippen molar-refractivity contribution in [3.05, 3.63) is 53.8 Å². The van der Waals surface area contributed by atoms with Gasteiger partial charge in [0.15, 0.2) is 5.76 Å². The molecule has 1 atom stereocenters. The Morgan fingerprint density at radius 3 is 2.88 bits per heavy atom. The molecule has 0 saturated carbocycles. The molecule has 1 aromatic carbocycles. The SMILES string of the molecule is Cc1ccc(-c2cnc(CN3CC[C@](O)(c4cn[nH]n4)C3)o2)cc1. The highest BCUT2D eigenvalue weighted by molar-refractivity contribution is 5.56. The number of aromatic amines is 1. The number of oxazole rings is 1. The number of hydrogen-bond donors (Lipinski definition) is 2. The molecule has 7 heteroatoms. The minimum Gasteiger partial charge on any atom is -0.439 e. The molecule has 24 heavy (non-hydrogen) atoms. The van der Waals surface area contributed by atoms with E-state index >= 15 is 0 Å². The summed E-state index contributed by atoms with van der Waals surface area (Å²) in [6.45, 7) is 3.86. The first-order valence-corrected chi connectivity index (χ1v) is 7.95. The van der Waals surface area contributed by atoms with Gasteiger partial charge in [-0.3, -0.25) is 4.90 Å². The zero-order valence-corrected chi connectivity index (χ0v) is 13.4. The average Bonchev–Trinajstić information content (AvgIpc) is 3.30. The Kier molecular flexibility index (Phi) is 3.66. The molecule has 0 amide bonds. The summed E-state index contributed by atoms with van der Waals surface area (Å²) >= 11 is 0. The first kappa shape index (κ1) is 15.0. The molecule has 0 unspecified atom stereocenters. The Labute approximate surface area is 139 Å². The van der Waals surface area contributed by atoms with E-state index in [0.717, 1.165) is 17.9 Å². The Morgan fingerprint density at radius 2 is 2.12 bits per heavy atom. The van der Waals surface area contributed by atoms with E-state index < -0.39 is 5.60 Å². The van der Waals surface area contributed by atoms with Crippen molar-refractivity contribution in [1.29, 1.82) is 0 Å². The van der Waals surface area contributed by atoms with Crippen LogP contribution in [0.5, 0.6) is 0 Å². The summed E-state index contributed by atoms with van der Waals surface area (Å²) in [4.78, 5) is 6.48. The first-order chi connectivity index (χ1) is 11.6. The molecule has 0 spiro atoms. The van der Waals surface area contributed by atoms with E-state index in [1.165, 1.54) is 5.56 Å². The second-order valence-electron chi connectivity index (χ2n) is 6.33. The summed E-state index contributed by atoms with van der Waals surface area (Å²) in [6.07, 6.45) is 3.94. The van der Waals surface area contributed by atoms with Crippen LogP contribution in [0, 0.1) is 6.92 Å². The van der Waals surface area contributed by atoms with Crippen molar-refractivity contribution in [2.24, 2.45) is 0 Å². The fourth-order valence-corrected chi connectivity index (χ4v) is 3.07. The predicted octanol–water partition coefficient (Wildman–Crippen LogP) is 1.86. The third-order valence-electron chi connectivity index (χ3n) is 4.47. The van der Waals surface area contributed by atoms with E-state index in [1.54, 1.807) is 12.4 Å². The molecule has 2 N–H and O–H groups in total. The van der Waals surface area contributed by atoms with Crippen LogP contribution < -0.4 is 0 Å². The minimum absolute atomic E-state index is 0.488. The number of aryl methyl sites for hydroxylation is 1. The molecule has 1 aliphatic rings. The Balaban J connectivity index is 1.44. The van der Waals surface area contributed by atoms with Crippen molar-refractivity contribution in [2.45, 2.75) is 25.5 Å². The van der Waals surface area contributed by atoms with Gasteiger partial charge in [0, 0.05) is 18.7 Å². The van der Waals surface area contributed by atoms with E-state index in [1.807, 2.05) is 12.1 Å². The van der Waals surface area contributed by atoms with Gasteiger partial charge in [-0.15, -0.1) is 0 Å². The van der Waals surface area contributed by atoms with Gasteiger partial charge in [0.2, 0.25) is 5.89 Å². The zero-order chi connectivity index (χ0) is 16.6. The number of benzene rings is 1. The van der Waals surface area contributed by atoms with Crippen LogP contribution in [0.4, 0.5) is 0 Å². The normalized spacial score (nSPS) is 21.4. The van der Waals surface area contributed by atoms with Crippen LogP contribution in [0.1, 0.15) is 23.6 Å². The average molecular weight is 325 g/mol. The number of H-pyrrole nitrogens is 1. The standard InChI is InChI=1S/C17H19N5O2/c1-12-2-4-13(5-3-12)14-8-18-16(24-14)10-22-7-6-17(23,11-22)15-9-19-21-20-15/h2-5,8-9,23H,6-7,10-11H2,1H3,(H,19,20,21)/t17-/m1/s1. The molecule has 0 bridgehead atoms. The fourth-order valence-electron chi connectivity index (χ4n) is 3.07. The molecule has 0 aliphatic carbocycles. The van der Waals surface area contributed by atoms with Crippen molar-refractivity contribution in [3.8, 4) is 11.3 Å². The molecule has 3 aromatic rings. The van der Waals surface area contributed by atoms with Crippen molar-refractivity contribution < 1.29 is 9.52 Å². The van der Waals surface area contributed by atoms with Gasteiger partial charge >= 0.3 is 0 Å². The lowest BCUT2D eigenvalue weighted by Gasteiger charge is -2.20. The maximum atomic E-state index is 10.7. The molecule has 124 valence electrons. The molecule has 1 saturated heterocycles. The maximum Gasteiger partial charge on any atom is 0.209 e. The molecule has 1 aliphatic heterocycles. The summed E-state index contributed by atoms with van der Waals surface area (Å²) in [5.41, 5.74) is 1.85. The fraction of sp³-hybridized carbons (Fsp3) is 0.353. The van der Waals surface area contributed by atoms with Crippen LogP contribution in [0.15, 0.2) is 41.1 Å². The van der Waals surface area contributed by atoms with E-state index in [0.29, 0.717) is 31.1 Å². The second-order valence-corrected chi connectivity index (χ2v) is 6.33. The van der Waals surface area contributed by atoms with Gasteiger partial charge < -0.3 is 9.52 Å². The molecule has 1 fully saturated rings. The number of aromatic nitrogens is 4. The highest BCUT2D eigenvalue weighted by atomic mass is 16.4. The minimum atomic E-state index is -0.959. The maximum absolute atomic E-state index is 10.7. The van der Waals surface area contributed by atoms with Gasteiger partial charge in [0.1, 0.15) is 11.3 Å². The molecule has 2 aromatic heterocycles. The second kappa shape index (κ2) is 5.85. The van der Waals surface area contributed by atoms with Gasteiger partial charge in [-0.05, 0) is 13.3 Å². The van der Waals surface area contributed by atoms with E-state index in [4.69, 9.17) is 4.42 Å².